The van der Waals surface area contributed by atoms with Crippen LogP contribution in [0.4, 0.5) is 32.0 Å². The number of rotatable bonds is 7. The van der Waals surface area contributed by atoms with Crippen LogP contribution in [0.15, 0.2) is 53.4 Å². The average molecular weight is 456 g/mol. The predicted molar refractivity (Wildman–Crippen MR) is 93.0 cm³/mol. The highest BCUT2D eigenvalue weighted by atomic mass is 32.2. The van der Waals surface area contributed by atoms with E-state index in [1.54, 1.807) is 0 Å². The fraction of sp³-hybridized carbons (Fsp3) is 0.235. The van der Waals surface area contributed by atoms with Gasteiger partial charge in [-0.25, -0.2) is 13.1 Å². The summed E-state index contributed by atoms with van der Waals surface area (Å²) in [5.74, 6) is -1.35. The summed E-state index contributed by atoms with van der Waals surface area (Å²) in [5.41, 5.74) is -1.07. The molecule has 0 bridgehead atoms. The number of benzene rings is 2. The molecule has 0 aromatic heterocycles. The lowest BCUT2D eigenvalue weighted by Gasteiger charge is -2.11. The minimum absolute atomic E-state index is 0.113. The van der Waals surface area contributed by atoms with Gasteiger partial charge in [-0.3, -0.25) is 4.79 Å². The van der Waals surface area contributed by atoms with E-state index >= 15 is 0 Å². The van der Waals surface area contributed by atoms with E-state index in [-0.39, 0.29) is 10.6 Å². The van der Waals surface area contributed by atoms with Gasteiger partial charge in [0.2, 0.25) is 15.9 Å². The van der Waals surface area contributed by atoms with Gasteiger partial charge < -0.3 is 10.1 Å². The number of carbonyl (C=O) groups is 1. The summed E-state index contributed by atoms with van der Waals surface area (Å²) >= 11 is 0. The zero-order valence-electron chi connectivity index (χ0n) is 14.8. The second-order valence-corrected chi connectivity index (χ2v) is 7.56. The van der Waals surface area contributed by atoms with E-state index < -0.39 is 52.7 Å². The molecule has 0 unspecified atom stereocenters. The number of sulfonamides is 1. The molecule has 0 radical (unpaired) electrons. The van der Waals surface area contributed by atoms with Crippen LogP contribution in [-0.4, -0.2) is 27.2 Å². The molecule has 0 aliphatic rings. The zero-order chi connectivity index (χ0) is 22.6. The maximum atomic E-state index is 12.7. The van der Waals surface area contributed by atoms with Crippen LogP contribution in [0, 0.1) is 0 Å². The molecule has 0 atom stereocenters. The number of carbonyl (C=O) groups excluding carboxylic acids is 1. The van der Waals surface area contributed by atoms with E-state index in [4.69, 9.17) is 0 Å². The maximum absolute atomic E-state index is 12.7. The number of halogens is 6. The minimum atomic E-state index is -4.92. The highest BCUT2D eigenvalue weighted by molar-refractivity contribution is 7.89. The van der Waals surface area contributed by atoms with Crippen molar-refractivity contribution in [3.8, 4) is 5.75 Å². The molecule has 0 heterocycles. The summed E-state index contributed by atoms with van der Waals surface area (Å²) < 4.78 is 104. The number of hydrogen-bond donors (Lipinski definition) is 2. The van der Waals surface area contributed by atoms with Gasteiger partial charge in [0.15, 0.2) is 0 Å². The van der Waals surface area contributed by atoms with Crippen LogP contribution in [-0.2, 0) is 21.0 Å². The molecule has 13 heteroatoms. The van der Waals surface area contributed by atoms with Crippen LogP contribution in [0.2, 0.25) is 0 Å². The summed E-state index contributed by atoms with van der Waals surface area (Å²) in [6.45, 7) is -0.395. The van der Waals surface area contributed by atoms with Gasteiger partial charge in [-0.15, -0.1) is 13.2 Å². The van der Waals surface area contributed by atoms with E-state index in [0.717, 1.165) is 42.5 Å². The summed E-state index contributed by atoms with van der Waals surface area (Å²) in [6.07, 6.45) is -9.91. The summed E-state index contributed by atoms with van der Waals surface area (Å²) in [6, 6.07) is 7.28. The molecule has 2 aromatic carbocycles. The molecule has 0 aliphatic carbocycles. The van der Waals surface area contributed by atoms with Crippen LogP contribution >= 0.6 is 0 Å². The first kappa shape index (κ1) is 23.5. The smallest absolute Gasteiger partial charge is 0.406 e. The van der Waals surface area contributed by atoms with Crippen molar-refractivity contribution in [2.75, 3.05) is 11.9 Å². The second-order valence-electron chi connectivity index (χ2n) is 5.79. The van der Waals surface area contributed by atoms with Crippen LogP contribution in [0.5, 0.6) is 5.75 Å². The molecule has 0 spiro atoms. The van der Waals surface area contributed by atoms with Gasteiger partial charge in [-0.05, 0) is 42.5 Å². The SMILES string of the molecule is O=C(CCNS(=O)(=O)c1ccc(OC(F)(F)F)cc1)Nc1cccc(C(F)(F)F)c1. The first-order valence-corrected chi connectivity index (χ1v) is 9.57. The molecule has 30 heavy (non-hydrogen) atoms. The summed E-state index contributed by atoms with van der Waals surface area (Å²) in [7, 11) is -4.13. The lowest BCUT2D eigenvalue weighted by Crippen LogP contribution is -2.28. The Morgan fingerprint density at radius 1 is 0.967 bits per heavy atom. The van der Waals surface area contributed by atoms with Crippen molar-refractivity contribution in [3.63, 3.8) is 0 Å². The Bertz CT molecular complexity index is 989. The van der Waals surface area contributed by atoms with Crippen molar-refractivity contribution in [1.29, 1.82) is 0 Å². The van der Waals surface area contributed by atoms with Crippen LogP contribution in [0.3, 0.4) is 0 Å². The Labute approximate surface area is 166 Å². The van der Waals surface area contributed by atoms with E-state index in [2.05, 4.69) is 14.8 Å². The number of amides is 1. The molecular formula is C17H14F6N2O4S. The number of hydrogen-bond acceptors (Lipinski definition) is 4. The number of nitrogens with one attached hydrogen (secondary N) is 2. The second kappa shape index (κ2) is 8.92. The largest absolute Gasteiger partial charge is 0.573 e. The first-order valence-electron chi connectivity index (χ1n) is 8.09. The van der Waals surface area contributed by atoms with Gasteiger partial charge in [0.05, 0.1) is 10.5 Å². The number of anilines is 1. The molecule has 6 nitrogen and oxygen atoms in total. The molecule has 1 amide bonds. The van der Waals surface area contributed by atoms with Gasteiger partial charge in [0, 0.05) is 18.7 Å². The predicted octanol–water partition coefficient (Wildman–Crippen LogP) is 3.91. The third-order valence-electron chi connectivity index (χ3n) is 3.49. The van der Waals surface area contributed by atoms with Crippen molar-refractivity contribution in [2.24, 2.45) is 0 Å². The number of ether oxygens (including phenoxy) is 1. The van der Waals surface area contributed by atoms with Crippen molar-refractivity contribution in [1.82, 2.24) is 4.72 Å². The standard InChI is InChI=1S/C17H14F6N2O4S/c18-16(19,20)11-2-1-3-12(10-11)25-15(26)8-9-24-30(27,28)14-6-4-13(5-7-14)29-17(21,22)23/h1-7,10,24H,8-9H2,(H,25,26). The Morgan fingerprint density at radius 2 is 1.60 bits per heavy atom. The van der Waals surface area contributed by atoms with Crippen molar-refractivity contribution in [2.45, 2.75) is 23.9 Å². The molecule has 0 aliphatic heterocycles. The maximum Gasteiger partial charge on any atom is 0.573 e. The molecule has 164 valence electrons. The van der Waals surface area contributed by atoms with Gasteiger partial charge in [0.1, 0.15) is 5.75 Å². The van der Waals surface area contributed by atoms with Crippen LogP contribution in [0.25, 0.3) is 0 Å². The van der Waals surface area contributed by atoms with Crippen molar-refractivity contribution >= 4 is 21.6 Å². The quantitative estimate of drug-likeness (QED) is 0.619. The highest BCUT2D eigenvalue weighted by Crippen LogP contribution is 2.30. The van der Waals surface area contributed by atoms with Crippen molar-refractivity contribution in [3.05, 3.63) is 54.1 Å². The van der Waals surface area contributed by atoms with Gasteiger partial charge >= 0.3 is 12.5 Å². The van der Waals surface area contributed by atoms with Gasteiger partial charge in [0.25, 0.3) is 0 Å². The Hall–Kier alpha value is -2.80. The summed E-state index contributed by atoms with van der Waals surface area (Å²) in [5, 5.41) is 2.21. The van der Waals surface area contributed by atoms with E-state index in [0.29, 0.717) is 0 Å². The third kappa shape index (κ3) is 7.22. The third-order valence-corrected chi connectivity index (χ3v) is 4.96. The Morgan fingerprint density at radius 3 is 2.17 bits per heavy atom. The first-order chi connectivity index (χ1) is 13.8. The molecular weight excluding hydrogens is 442 g/mol. The lowest BCUT2D eigenvalue weighted by molar-refractivity contribution is -0.274. The molecule has 2 N–H and O–H groups in total. The average Bonchev–Trinajstić information content (AvgIpc) is 2.60. The zero-order valence-corrected chi connectivity index (χ0v) is 15.7. The summed E-state index contributed by atoms with van der Waals surface area (Å²) in [4.78, 5) is 11.5. The van der Waals surface area contributed by atoms with Crippen LogP contribution in [0.1, 0.15) is 12.0 Å². The molecule has 0 saturated heterocycles. The van der Waals surface area contributed by atoms with E-state index in [1.807, 2.05) is 0 Å². The topological polar surface area (TPSA) is 84.5 Å². The molecule has 0 saturated carbocycles. The van der Waals surface area contributed by atoms with E-state index in [9.17, 15) is 39.6 Å². The van der Waals surface area contributed by atoms with Gasteiger partial charge in [-0.1, -0.05) is 6.07 Å². The molecule has 2 rings (SSSR count). The van der Waals surface area contributed by atoms with E-state index in [1.165, 1.54) is 6.07 Å². The molecule has 0 fully saturated rings. The normalized spacial score (nSPS) is 12.5. The monoisotopic (exact) mass is 456 g/mol. The fourth-order valence-corrected chi connectivity index (χ4v) is 3.23. The Balaban J connectivity index is 1.90. The van der Waals surface area contributed by atoms with Gasteiger partial charge in [-0.2, -0.15) is 13.2 Å². The van der Waals surface area contributed by atoms with Crippen LogP contribution < -0.4 is 14.8 Å². The highest BCUT2D eigenvalue weighted by Gasteiger charge is 2.31. The lowest BCUT2D eigenvalue weighted by atomic mass is 10.2. The fourth-order valence-electron chi connectivity index (χ4n) is 2.20. The Kier molecular flexibility index (Phi) is 6.98. The molecule has 2 aromatic rings. The minimum Gasteiger partial charge on any atom is -0.406 e. The van der Waals surface area contributed by atoms with Crippen molar-refractivity contribution < 1.29 is 44.3 Å². The number of alkyl halides is 6.